The summed E-state index contributed by atoms with van der Waals surface area (Å²) < 4.78 is 43.6. The molecule has 234 valence electrons. The number of fused-ring (bicyclic) bond motifs is 1. The number of piperidine rings is 1. The topological polar surface area (TPSA) is 127 Å². The summed E-state index contributed by atoms with van der Waals surface area (Å²) in [5.74, 6) is -5.12. The highest BCUT2D eigenvalue weighted by Gasteiger charge is 2.43. The molecule has 14 heteroatoms. The van der Waals surface area contributed by atoms with Gasteiger partial charge in [0, 0.05) is 35.3 Å². The second kappa shape index (κ2) is 13.3. The number of pyridine rings is 1. The Morgan fingerprint density at radius 2 is 1.80 bits per heavy atom. The molecule has 2 aromatic carbocycles. The highest BCUT2D eigenvalue weighted by molar-refractivity contribution is 7.12. The number of carbonyl (C=O) groups excluding carboxylic acids is 4. The predicted molar refractivity (Wildman–Crippen MR) is 157 cm³/mol. The number of amides is 3. The summed E-state index contributed by atoms with van der Waals surface area (Å²) in [6, 6.07) is 18.3. The fraction of sp³-hybridized carbons (Fsp3) is 0.258. The lowest BCUT2D eigenvalue weighted by atomic mass is 9.90. The van der Waals surface area contributed by atoms with Crippen molar-refractivity contribution >= 4 is 45.9 Å². The Balaban J connectivity index is 1.26. The van der Waals surface area contributed by atoms with Crippen molar-refractivity contribution in [3.63, 3.8) is 0 Å². The SMILES string of the molecule is Cc1cc(COc2ccc(C(=O)N[C@@H]3CN(C(=O)c4cccs4)CC[C@@H]3C(=O)NOC(=O)C(F)(F)F)cc2)c2ccccc2n1. The largest absolute Gasteiger partial charge is 0.493 e. The van der Waals surface area contributed by atoms with E-state index in [0.29, 0.717) is 10.6 Å². The molecule has 10 nitrogen and oxygen atoms in total. The van der Waals surface area contributed by atoms with Gasteiger partial charge in [-0.2, -0.15) is 18.7 Å². The highest BCUT2D eigenvalue weighted by Crippen LogP contribution is 2.24. The van der Waals surface area contributed by atoms with Crippen molar-refractivity contribution < 1.29 is 41.9 Å². The Kier molecular flexibility index (Phi) is 9.32. The minimum absolute atomic E-state index is 0.00654. The van der Waals surface area contributed by atoms with Crippen LogP contribution in [0.25, 0.3) is 10.9 Å². The number of ether oxygens (including phenoxy) is 1. The third-order valence-electron chi connectivity index (χ3n) is 7.20. The van der Waals surface area contributed by atoms with Crippen LogP contribution in [-0.2, 0) is 21.0 Å². The predicted octanol–water partition coefficient (Wildman–Crippen LogP) is 4.58. The maximum Gasteiger partial charge on any atom is 0.493 e. The summed E-state index contributed by atoms with van der Waals surface area (Å²) in [7, 11) is 0. The van der Waals surface area contributed by atoms with Gasteiger partial charge in [0.05, 0.1) is 22.4 Å². The summed E-state index contributed by atoms with van der Waals surface area (Å²) in [4.78, 5) is 60.4. The Morgan fingerprint density at radius 3 is 2.51 bits per heavy atom. The first-order chi connectivity index (χ1) is 21.5. The standard InChI is InChI=1S/C31H27F3N4O6S/c1-18-15-20(22-5-2-3-6-24(22)35-18)17-43-21-10-8-19(9-11-21)27(39)36-25-16-38(29(41)26-7-4-14-45-26)13-12-23(25)28(40)37-44-30(42)31(32,33)34/h2-11,14-15,23,25H,12-13,16-17H2,1H3,(H,36,39)(H,37,40)/t23-,25+/m0/s1. The third kappa shape index (κ3) is 7.58. The van der Waals surface area contributed by atoms with Gasteiger partial charge in [-0.15, -0.1) is 11.3 Å². The second-order valence-electron chi connectivity index (χ2n) is 10.3. The van der Waals surface area contributed by atoms with Gasteiger partial charge in [-0.25, -0.2) is 4.79 Å². The average Bonchev–Trinajstić information content (AvgIpc) is 3.57. The molecule has 0 spiro atoms. The van der Waals surface area contributed by atoms with Crippen LogP contribution in [0.5, 0.6) is 5.75 Å². The van der Waals surface area contributed by atoms with E-state index < -0.39 is 35.9 Å². The Bertz CT molecular complexity index is 1710. The van der Waals surface area contributed by atoms with E-state index in [0.717, 1.165) is 22.2 Å². The van der Waals surface area contributed by atoms with E-state index in [9.17, 15) is 32.3 Å². The number of alkyl halides is 3. The van der Waals surface area contributed by atoms with Crippen LogP contribution in [0.15, 0.2) is 72.1 Å². The molecule has 0 aliphatic carbocycles. The second-order valence-corrected chi connectivity index (χ2v) is 11.3. The monoisotopic (exact) mass is 640 g/mol. The summed E-state index contributed by atoms with van der Waals surface area (Å²) in [5, 5.41) is 5.41. The third-order valence-corrected chi connectivity index (χ3v) is 8.06. The lowest BCUT2D eigenvalue weighted by molar-refractivity contribution is -0.208. The zero-order valence-corrected chi connectivity index (χ0v) is 24.6. The zero-order valence-electron chi connectivity index (χ0n) is 23.8. The van der Waals surface area contributed by atoms with Crippen LogP contribution in [0.4, 0.5) is 13.2 Å². The molecule has 1 fully saturated rings. The van der Waals surface area contributed by atoms with Crippen molar-refractivity contribution in [3.05, 3.63) is 93.8 Å². The molecule has 2 aromatic heterocycles. The van der Waals surface area contributed by atoms with E-state index in [4.69, 9.17) is 4.74 Å². The van der Waals surface area contributed by atoms with E-state index in [1.165, 1.54) is 28.4 Å². The van der Waals surface area contributed by atoms with Gasteiger partial charge < -0.3 is 19.8 Å². The Morgan fingerprint density at radius 1 is 1.04 bits per heavy atom. The van der Waals surface area contributed by atoms with Gasteiger partial charge in [-0.1, -0.05) is 24.3 Å². The number of halogens is 3. The molecule has 0 saturated carbocycles. The zero-order chi connectivity index (χ0) is 32.1. The highest BCUT2D eigenvalue weighted by atomic mass is 32.1. The molecule has 45 heavy (non-hydrogen) atoms. The number of hydrogen-bond donors (Lipinski definition) is 2. The fourth-order valence-electron chi connectivity index (χ4n) is 5.01. The van der Waals surface area contributed by atoms with Crippen molar-refractivity contribution in [2.45, 2.75) is 32.2 Å². The summed E-state index contributed by atoms with van der Waals surface area (Å²) in [5.41, 5.74) is 4.41. The van der Waals surface area contributed by atoms with Crippen molar-refractivity contribution in [3.8, 4) is 5.75 Å². The van der Waals surface area contributed by atoms with Gasteiger partial charge in [0.2, 0.25) is 0 Å². The average molecular weight is 641 g/mol. The normalized spacial score (nSPS) is 16.6. The molecular weight excluding hydrogens is 613 g/mol. The molecule has 1 aliphatic rings. The number of para-hydroxylation sites is 1. The first kappa shape index (κ1) is 31.4. The molecular formula is C31H27F3N4O6S. The number of carbonyl (C=O) groups is 4. The molecule has 0 bridgehead atoms. The molecule has 0 unspecified atom stereocenters. The summed E-state index contributed by atoms with van der Waals surface area (Å²) in [6.07, 6.45) is -5.31. The van der Waals surface area contributed by atoms with Crippen LogP contribution in [0.2, 0.25) is 0 Å². The number of thiophene rings is 1. The van der Waals surface area contributed by atoms with E-state index in [2.05, 4.69) is 15.1 Å². The van der Waals surface area contributed by atoms with E-state index >= 15 is 0 Å². The maximum atomic E-state index is 13.2. The van der Waals surface area contributed by atoms with Crippen LogP contribution < -0.4 is 15.5 Å². The van der Waals surface area contributed by atoms with E-state index in [1.807, 2.05) is 37.3 Å². The van der Waals surface area contributed by atoms with E-state index in [-0.39, 0.29) is 37.6 Å². The number of nitrogens with one attached hydrogen (secondary N) is 2. The summed E-state index contributed by atoms with van der Waals surface area (Å²) in [6.45, 7) is 2.15. The molecule has 0 radical (unpaired) electrons. The van der Waals surface area contributed by atoms with Gasteiger partial charge in [0.25, 0.3) is 17.7 Å². The minimum atomic E-state index is -5.31. The van der Waals surface area contributed by atoms with Gasteiger partial charge >= 0.3 is 12.1 Å². The lowest BCUT2D eigenvalue weighted by Gasteiger charge is -2.37. The van der Waals surface area contributed by atoms with Crippen LogP contribution in [0.1, 0.15) is 37.7 Å². The molecule has 3 amide bonds. The van der Waals surface area contributed by atoms with Crippen LogP contribution in [0, 0.1) is 12.8 Å². The Labute approximate surface area is 259 Å². The minimum Gasteiger partial charge on any atom is -0.489 e. The van der Waals surface area contributed by atoms with Gasteiger partial charge in [0.15, 0.2) is 0 Å². The van der Waals surface area contributed by atoms with Crippen molar-refractivity contribution in [1.82, 2.24) is 20.7 Å². The molecule has 2 N–H and O–H groups in total. The van der Waals surface area contributed by atoms with Gasteiger partial charge in [-0.3, -0.25) is 19.4 Å². The van der Waals surface area contributed by atoms with Crippen LogP contribution >= 0.6 is 11.3 Å². The summed E-state index contributed by atoms with van der Waals surface area (Å²) >= 11 is 1.23. The van der Waals surface area contributed by atoms with Crippen molar-refractivity contribution in [2.75, 3.05) is 13.1 Å². The number of hydroxylamine groups is 1. The number of nitrogens with zero attached hydrogens (tertiary/aromatic N) is 2. The molecule has 2 atom stereocenters. The van der Waals surface area contributed by atoms with Gasteiger partial charge in [-0.05, 0) is 61.2 Å². The maximum absolute atomic E-state index is 13.2. The fourth-order valence-corrected chi connectivity index (χ4v) is 5.70. The lowest BCUT2D eigenvalue weighted by Crippen LogP contribution is -2.57. The smallest absolute Gasteiger partial charge is 0.489 e. The van der Waals surface area contributed by atoms with Crippen LogP contribution in [-0.4, -0.2) is 58.9 Å². The first-order valence-electron chi connectivity index (χ1n) is 13.8. The number of aromatic nitrogens is 1. The molecule has 3 heterocycles. The van der Waals surface area contributed by atoms with Crippen LogP contribution in [0.3, 0.4) is 0 Å². The Hall–Kier alpha value is -4.98. The van der Waals surface area contributed by atoms with Crippen molar-refractivity contribution in [2.24, 2.45) is 5.92 Å². The quantitative estimate of drug-likeness (QED) is 0.283. The number of rotatable bonds is 7. The molecule has 1 aliphatic heterocycles. The number of benzene rings is 2. The molecule has 5 rings (SSSR count). The van der Waals surface area contributed by atoms with Gasteiger partial charge in [0.1, 0.15) is 12.4 Å². The number of hydrogen-bond acceptors (Lipinski definition) is 8. The number of aryl methyl sites for hydroxylation is 1. The molecule has 1 saturated heterocycles. The van der Waals surface area contributed by atoms with Crippen molar-refractivity contribution in [1.29, 1.82) is 0 Å². The first-order valence-corrected chi connectivity index (χ1v) is 14.7. The number of likely N-dealkylation sites (tertiary alicyclic amines) is 1. The van der Waals surface area contributed by atoms with E-state index in [1.54, 1.807) is 35.1 Å². The molecule has 4 aromatic rings.